The second kappa shape index (κ2) is 8.84. The molecule has 0 aliphatic carbocycles. The predicted octanol–water partition coefficient (Wildman–Crippen LogP) is 4.81. The normalized spacial score (nSPS) is 11.5. The fourth-order valence-electron chi connectivity index (χ4n) is 3.36. The van der Waals surface area contributed by atoms with E-state index >= 15 is 0 Å². The highest BCUT2D eigenvalue weighted by Crippen LogP contribution is 2.28. The highest BCUT2D eigenvalue weighted by molar-refractivity contribution is 7.90. The van der Waals surface area contributed by atoms with Crippen molar-refractivity contribution in [1.29, 1.82) is 0 Å². The maximum Gasteiger partial charge on any atom is 0.258 e. The second-order valence-electron chi connectivity index (χ2n) is 7.29. The molecule has 4 rings (SSSR count). The quantitative estimate of drug-likeness (QED) is 0.377. The van der Waals surface area contributed by atoms with Crippen LogP contribution in [0.1, 0.15) is 15.9 Å². The van der Waals surface area contributed by atoms with Gasteiger partial charge in [-0.25, -0.2) is 27.2 Å². The Morgan fingerprint density at radius 1 is 1.06 bits per heavy atom. The number of aromatic nitrogens is 2. The van der Waals surface area contributed by atoms with E-state index in [2.05, 4.69) is 9.97 Å². The van der Waals surface area contributed by atoms with Gasteiger partial charge in [-0.1, -0.05) is 29.8 Å². The van der Waals surface area contributed by atoms with Crippen LogP contribution in [0, 0.1) is 11.6 Å². The van der Waals surface area contributed by atoms with Crippen molar-refractivity contribution in [1.82, 2.24) is 9.97 Å². The molecule has 0 saturated heterocycles. The molecule has 0 fully saturated rings. The van der Waals surface area contributed by atoms with Crippen molar-refractivity contribution in [3.63, 3.8) is 0 Å². The van der Waals surface area contributed by atoms with Gasteiger partial charge in [-0.05, 0) is 48.0 Å². The van der Waals surface area contributed by atoms with Crippen molar-refractivity contribution in [2.24, 2.45) is 0 Å². The fraction of sp³-hybridized carbons (Fsp3) is 0.0870. The number of benzene rings is 2. The lowest BCUT2D eigenvalue weighted by atomic mass is 10.1. The van der Waals surface area contributed by atoms with Gasteiger partial charge in [0.2, 0.25) is 0 Å². The van der Waals surface area contributed by atoms with Gasteiger partial charge >= 0.3 is 0 Å². The summed E-state index contributed by atoms with van der Waals surface area (Å²) < 4.78 is 52.2. The average molecular weight is 488 g/mol. The molecule has 1 amide bonds. The summed E-state index contributed by atoms with van der Waals surface area (Å²) in [6.45, 7) is -0.0871. The number of sulfone groups is 1. The summed E-state index contributed by atoms with van der Waals surface area (Å²) in [5.74, 6) is -1.90. The van der Waals surface area contributed by atoms with E-state index in [4.69, 9.17) is 11.6 Å². The molecule has 0 saturated carbocycles. The standard InChI is InChI=1S/C23H16ClF2N3O3S/c1-33(31,32)22-20(6-3-9-27-22)29(23(30)16-4-2-5-17(25)11-16)13-14-7-8-15-12-18(26)21(24)28-19(15)10-14/h2-12H,13H2,1H3. The van der Waals surface area contributed by atoms with Crippen LogP contribution in [0.4, 0.5) is 14.5 Å². The minimum absolute atomic E-state index is 0.0299. The second-order valence-corrected chi connectivity index (χ2v) is 9.58. The lowest BCUT2D eigenvalue weighted by molar-refractivity contribution is 0.0984. The SMILES string of the molecule is CS(=O)(=O)c1ncccc1N(Cc1ccc2cc(F)c(Cl)nc2c1)C(=O)c1cccc(F)c1. The van der Waals surface area contributed by atoms with Crippen molar-refractivity contribution in [2.75, 3.05) is 11.2 Å². The molecule has 2 heterocycles. The Hall–Kier alpha value is -3.43. The number of hydrogen-bond donors (Lipinski definition) is 0. The lowest BCUT2D eigenvalue weighted by Gasteiger charge is -2.24. The number of halogens is 3. The Labute approximate surface area is 193 Å². The number of hydrogen-bond acceptors (Lipinski definition) is 5. The number of amides is 1. The highest BCUT2D eigenvalue weighted by Gasteiger charge is 2.26. The molecule has 6 nitrogen and oxygen atoms in total. The Morgan fingerprint density at radius 3 is 2.58 bits per heavy atom. The zero-order valence-corrected chi connectivity index (χ0v) is 18.7. The number of anilines is 1. The first-order chi connectivity index (χ1) is 15.6. The van der Waals surface area contributed by atoms with Crippen molar-refractivity contribution in [3.05, 3.63) is 94.8 Å². The predicted molar refractivity (Wildman–Crippen MR) is 121 cm³/mol. The van der Waals surface area contributed by atoms with Gasteiger partial charge in [-0.3, -0.25) is 4.79 Å². The van der Waals surface area contributed by atoms with E-state index < -0.39 is 27.4 Å². The van der Waals surface area contributed by atoms with Crippen molar-refractivity contribution >= 4 is 43.9 Å². The van der Waals surface area contributed by atoms with E-state index in [1.807, 2.05) is 0 Å². The summed E-state index contributed by atoms with van der Waals surface area (Å²) in [4.78, 5) is 22.6. The van der Waals surface area contributed by atoms with E-state index in [0.717, 1.165) is 12.3 Å². The summed E-state index contributed by atoms with van der Waals surface area (Å²) in [5.41, 5.74) is 1.03. The van der Waals surface area contributed by atoms with Crippen LogP contribution in [0.3, 0.4) is 0 Å². The minimum atomic E-state index is -3.79. The highest BCUT2D eigenvalue weighted by atomic mass is 35.5. The number of pyridine rings is 2. The van der Waals surface area contributed by atoms with Crippen LogP contribution in [-0.4, -0.2) is 30.5 Å². The van der Waals surface area contributed by atoms with Crippen LogP contribution < -0.4 is 4.90 Å². The molecule has 0 aliphatic rings. The summed E-state index contributed by atoms with van der Waals surface area (Å²) in [6.07, 6.45) is 2.29. The van der Waals surface area contributed by atoms with E-state index in [-0.39, 0.29) is 28.0 Å². The van der Waals surface area contributed by atoms with Crippen molar-refractivity contribution in [3.8, 4) is 0 Å². The van der Waals surface area contributed by atoms with Crippen LogP contribution >= 0.6 is 11.6 Å². The third kappa shape index (κ3) is 4.84. The van der Waals surface area contributed by atoms with E-state index in [0.29, 0.717) is 16.5 Å². The van der Waals surface area contributed by atoms with Crippen LogP contribution in [0.25, 0.3) is 10.9 Å². The summed E-state index contributed by atoms with van der Waals surface area (Å²) >= 11 is 5.80. The van der Waals surface area contributed by atoms with E-state index in [1.165, 1.54) is 47.5 Å². The first-order valence-electron chi connectivity index (χ1n) is 9.60. The molecule has 2 aromatic heterocycles. The van der Waals surface area contributed by atoms with Crippen molar-refractivity contribution in [2.45, 2.75) is 11.6 Å². The van der Waals surface area contributed by atoms with Gasteiger partial charge in [-0.15, -0.1) is 0 Å². The van der Waals surface area contributed by atoms with Crippen LogP contribution in [0.5, 0.6) is 0 Å². The molecular weight excluding hydrogens is 472 g/mol. The number of carbonyl (C=O) groups is 1. The molecular formula is C23H16ClF2N3O3S. The Balaban J connectivity index is 1.84. The third-order valence-corrected chi connectivity index (χ3v) is 6.13. The molecule has 0 spiro atoms. The summed E-state index contributed by atoms with van der Waals surface area (Å²) in [6, 6.07) is 14.2. The molecule has 10 heteroatoms. The van der Waals surface area contributed by atoms with E-state index in [9.17, 15) is 22.0 Å². The topological polar surface area (TPSA) is 80.2 Å². The first kappa shape index (κ1) is 22.8. The van der Waals surface area contributed by atoms with Gasteiger partial charge in [0.05, 0.1) is 17.7 Å². The molecule has 0 unspecified atom stereocenters. The van der Waals surface area contributed by atoms with Crippen LogP contribution in [0.2, 0.25) is 5.15 Å². The Morgan fingerprint density at radius 2 is 1.85 bits per heavy atom. The monoisotopic (exact) mass is 487 g/mol. The summed E-state index contributed by atoms with van der Waals surface area (Å²) in [5, 5.41) is -0.0837. The molecule has 168 valence electrons. The number of nitrogens with zero attached hydrogens (tertiary/aromatic N) is 3. The molecule has 0 aliphatic heterocycles. The van der Waals surface area contributed by atoms with Crippen molar-refractivity contribution < 1.29 is 22.0 Å². The average Bonchev–Trinajstić information content (AvgIpc) is 2.77. The van der Waals surface area contributed by atoms with Gasteiger partial charge in [0.25, 0.3) is 5.91 Å². The fourth-order valence-corrected chi connectivity index (χ4v) is 4.32. The minimum Gasteiger partial charge on any atom is -0.301 e. The Bertz CT molecular complexity index is 1500. The number of fused-ring (bicyclic) bond motifs is 1. The summed E-state index contributed by atoms with van der Waals surface area (Å²) in [7, 11) is -3.79. The van der Waals surface area contributed by atoms with Crippen LogP contribution in [-0.2, 0) is 16.4 Å². The molecule has 0 bridgehead atoms. The first-order valence-corrected chi connectivity index (χ1v) is 11.9. The Kier molecular flexibility index (Phi) is 6.09. The molecule has 0 radical (unpaired) electrons. The molecule has 4 aromatic rings. The third-order valence-electron chi connectivity index (χ3n) is 4.84. The largest absolute Gasteiger partial charge is 0.301 e. The van der Waals surface area contributed by atoms with Gasteiger partial charge in [0.15, 0.2) is 25.8 Å². The maximum absolute atomic E-state index is 13.8. The zero-order valence-electron chi connectivity index (χ0n) is 17.2. The molecule has 33 heavy (non-hydrogen) atoms. The molecule has 0 atom stereocenters. The zero-order chi connectivity index (χ0) is 23.8. The van der Waals surface area contributed by atoms with Gasteiger partial charge in [0, 0.05) is 23.4 Å². The maximum atomic E-state index is 13.8. The van der Waals surface area contributed by atoms with Gasteiger partial charge < -0.3 is 4.90 Å². The lowest BCUT2D eigenvalue weighted by Crippen LogP contribution is -2.32. The smallest absolute Gasteiger partial charge is 0.258 e. The van der Waals surface area contributed by atoms with E-state index in [1.54, 1.807) is 18.2 Å². The molecule has 2 aromatic carbocycles. The van der Waals surface area contributed by atoms with Gasteiger partial charge in [-0.2, -0.15) is 0 Å². The number of carbonyl (C=O) groups excluding carboxylic acids is 1. The molecule has 0 N–H and O–H groups in total. The van der Waals surface area contributed by atoms with Crippen LogP contribution in [0.15, 0.2) is 71.9 Å². The van der Waals surface area contributed by atoms with Gasteiger partial charge in [0.1, 0.15) is 5.82 Å². The number of rotatable bonds is 5.